The Bertz CT molecular complexity index is 1050. The Hall–Kier alpha value is -3.32. The lowest BCUT2D eigenvalue weighted by Gasteiger charge is -2.30. The highest BCUT2D eigenvalue weighted by atomic mass is 32.1. The van der Waals surface area contributed by atoms with Crippen LogP contribution in [0.1, 0.15) is 16.9 Å². The molecule has 0 atom stereocenters. The van der Waals surface area contributed by atoms with Crippen LogP contribution in [0.15, 0.2) is 66.0 Å². The highest BCUT2D eigenvalue weighted by Crippen LogP contribution is 2.31. The molecule has 0 bridgehead atoms. The van der Waals surface area contributed by atoms with Gasteiger partial charge in [-0.3, -0.25) is 9.59 Å². The second kappa shape index (κ2) is 9.66. The number of thiophene rings is 1. The van der Waals surface area contributed by atoms with Crippen LogP contribution in [0.3, 0.4) is 0 Å². The topological polar surface area (TPSA) is 59.1 Å². The number of fused-ring (bicyclic) bond motifs is 1. The van der Waals surface area contributed by atoms with Gasteiger partial charge in [0.1, 0.15) is 11.5 Å². The van der Waals surface area contributed by atoms with Crippen LogP contribution >= 0.6 is 11.3 Å². The zero-order valence-corrected chi connectivity index (χ0v) is 18.1. The SMILES string of the molecule is COc1ccccc1CN(Cc1cccs1)C(=O)CCN1C(=O)COc2ccccc21. The first-order chi connectivity index (χ1) is 15.2. The molecule has 1 aliphatic heterocycles. The number of hydrogen-bond donors (Lipinski definition) is 0. The average molecular weight is 437 g/mol. The molecule has 0 unspecified atom stereocenters. The van der Waals surface area contributed by atoms with Gasteiger partial charge in [0, 0.05) is 30.0 Å². The van der Waals surface area contributed by atoms with Crippen molar-refractivity contribution in [2.75, 3.05) is 25.2 Å². The summed E-state index contributed by atoms with van der Waals surface area (Å²) in [5.41, 5.74) is 1.66. The van der Waals surface area contributed by atoms with Crippen LogP contribution in [-0.4, -0.2) is 37.0 Å². The maximum absolute atomic E-state index is 13.3. The van der Waals surface area contributed by atoms with Crippen LogP contribution in [0.2, 0.25) is 0 Å². The van der Waals surface area contributed by atoms with E-state index in [1.165, 1.54) is 0 Å². The molecule has 2 amide bonds. The van der Waals surface area contributed by atoms with Crippen molar-refractivity contribution >= 4 is 28.8 Å². The fourth-order valence-electron chi connectivity index (χ4n) is 3.63. The lowest BCUT2D eigenvalue weighted by Crippen LogP contribution is -2.41. The number of carbonyl (C=O) groups excluding carboxylic acids is 2. The van der Waals surface area contributed by atoms with Crippen molar-refractivity contribution in [3.63, 3.8) is 0 Å². The second-order valence-electron chi connectivity index (χ2n) is 7.19. The molecular formula is C24H24N2O4S. The Kier molecular flexibility index (Phi) is 6.52. The summed E-state index contributed by atoms with van der Waals surface area (Å²) in [5, 5.41) is 2.00. The molecule has 2 aromatic carbocycles. The molecule has 7 heteroatoms. The Balaban J connectivity index is 1.50. The average Bonchev–Trinajstić information content (AvgIpc) is 3.31. The van der Waals surface area contributed by atoms with E-state index in [2.05, 4.69) is 0 Å². The summed E-state index contributed by atoms with van der Waals surface area (Å²) in [7, 11) is 1.63. The molecule has 0 spiro atoms. The number of rotatable bonds is 8. The Labute approximate surface area is 185 Å². The quantitative estimate of drug-likeness (QED) is 0.533. The maximum atomic E-state index is 13.3. The largest absolute Gasteiger partial charge is 0.496 e. The van der Waals surface area contributed by atoms with Gasteiger partial charge in [-0.2, -0.15) is 0 Å². The van der Waals surface area contributed by atoms with E-state index in [1.807, 2.05) is 70.9 Å². The van der Waals surface area contributed by atoms with Gasteiger partial charge in [0.15, 0.2) is 6.61 Å². The predicted octanol–water partition coefficient (Wildman–Crippen LogP) is 4.10. The molecule has 0 saturated heterocycles. The number of ether oxygens (including phenoxy) is 2. The number of methoxy groups -OCH3 is 1. The molecule has 0 N–H and O–H groups in total. The lowest BCUT2D eigenvalue weighted by atomic mass is 10.1. The number of anilines is 1. The third-order valence-electron chi connectivity index (χ3n) is 5.19. The van der Waals surface area contributed by atoms with Gasteiger partial charge in [-0.1, -0.05) is 36.4 Å². The van der Waals surface area contributed by atoms with E-state index in [0.29, 0.717) is 31.1 Å². The van der Waals surface area contributed by atoms with E-state index < -0.39 is 0 Å². The van der Waals surface area contributed by atoms with E-state index in [9.17, 15) is 9.59 Å². The third kappa shape index (κ3) is 4.88. The lowest BCUT2D eigenvalue weighted by molar-refractivity contribution is -0.132. The normalized spacial score (nSPS) is 12.8. The standard InChI is InChI=1S/C24H24N2O4S/c1-29-21-10-4-2-7-18(21)15-25(16-19-8-6-14-31-19)23(27)12-13-26-20-9-3-5-11-22(20)30-17-24(26)28/h2-11,14H,12-13,15-17H2,1H3. The maximum Gasteiger partial charge on any atom is 0.265 e. The van der Waals surface area contributed by atoms with E-state index in [-0.39, 0.29) is 24.8 Å². The van der Waals surface area contributed by atoms with Crippen molar-refractivity contribution in [3.8, 4) is 11.5 Å². The van der Waals surface area contributed by atoms with E-state index >= 15 is 0 Å². The van der Waals surface area contributed by atoms with Crippen LogP contribution in [0.5, 0.6) is 11.5 Å². The summed E-state index contributed by atoms with van der Waals surface area (Å²) in [4.78, 5) is 30.3. The Morgan fingerprint density at radius 2 is 1.90 bits per heavy atom. The van der Waals surface area contributed by atoms with Crippen molar-refractivity contribution in [1.82, 2.24) is 4.90 Å². The fourth-order valence-corrected chi connectivity index (χ4v) is 4.35. The van der Waals surface area contributed by atoms with Gasteiger partial charge in [0.25, 0.3) is 5.91 Å². The number of amides is 2. The third-order valence-corrected chi connectivity index (χ3v) is 6.05. The molecule has 31 heavy (non-hydrogen) atoms. The number of nitrogens with zero attached hydrogens (tertiary/aromatic N) is 2. The summed E-state index contributed by atoms with van der Waals surface area (Å²) < 4.78 is 11.0. The molecule has 3 aromatic rings. The molecule has 4 rings (SSSR count). The summed E-state index contributed by atoms with van der Waals surface area (Å²) in [5.74, 6) is 1.26. The van der Waals surface area contributed by atoms with Crippen LogP contribution in [-0.2, 0) is 22.7 Å². The van der Waals surface area contributed by atoms with Crippen molar-refractivity contribution in [2.45, 2.75) is 19.5 Å². The van der Waals surface area contributed by atoms with Crippen molar-refractivity contribution in [2.24, 2.45) is 0 Å². The first kappa shape index (κ1) is 20.9. The number of carbonyl (C=O) groups is 2. The highest BCUT2D eigenvalue weighted by Gasteiger charge is 2.26. The van der Waals surface area contributed by atoms with Crippen molar-refractivity contribution in [3.05, 3.63) is 76.5 Å². The number of benzene rings is 2. The van der Waals surface area contributed by atoms with Gasteiger partial charge in [-0.05, 0) is 29.6 Å². The van der Waals surface area contributed by atoms with Gasteiger partial charge in [-0.15, -0.1) is 11.3 Å². The number of para-hydroxylation sites is 3. The van der Waals surface area contributed by atoms with Crippen molar-refractivity contribution in [1.29, 1.82) is 0 Å². The molecule has 6 nitrogen and oxygen atoms in total. The van der Waals surface area contributed by atoms with Gasteiger partial charge in [-0.25, -0.2) is 0 Å². The zero-order chi connectivity index (χ0) is 21.6. The minimum Gasteiger partial charge on any atom is -0.496 e. The van der Waals surface area contributed by atoms with Crippen molar-refractivity contribution < 1.29 is 19.1 Å². The second-order valence-corrected chi connectivity index (χ2v) is 8.23. The molecule has 0 radical (unpaired) electrons. The van der Waals surface area contributed by atoms with E-state index in [1.54, 1.807) is 23.3 Å². The van der Waals surface area contributed by atoms with Crippen LogP contribution in [0.4, 0.5) is 5.69 Å². The zero-order valence-electron chi connectivity index (χ0n) is 17.3. The van der Waals surface area contributed by atoms with E-state index in [0.717, 1.165) is 16.2 Å². The number of hydrogen-bond acceptors (Lipinski definition) is 5. The predicted molar refractivity (Wildman–Crippen MR) is 120 cm³/mol. The first-order valence-corrected chi connectivity index (χ1v) is 11.0. The Morgan fingerprint density at radius 3 is 2.71 bits per heavy atom. The van der Waals surface area contributed by atoms with Crippen LogP contribution in [0.25, 0.3) is 0 Å². The molecule has 160 valence electrons. The summed E-state index contributed by atoms with van der Waals surface area (Å²) in [6, 6.07) is 19.1. The summed E-state index contributed by atoms with van der Waals surface area (Å²) in [6.45, 7) is 1.26. The van der Waals surface area contributed by atoms with Crippen LogP contribution in [0, 0.1) is 0 Å². The molecular weight excluding hydrogens is 412 g/mol. The van der Waals surface area contributed by atoms with Gasteiger partial charge in [0.2, 0.25) is 5.91 Å². The molecule has 0 fully saturated rings. The highest BCUT2D eigenvalue weighted by molar-refractivity contribution is 7.09. The smallest absolute Gasteiger partial charge is 0.265 e. The summed E-state index contributed by atoms with van der Waals surface area (Å²) in [6.07, 6.45) is 0.223. The van der Waals surface area contributed by atoms with E-state index in [4.69, 9.17) is 9.47 Å². The minimum absolute atomic E-state index is 0.00860. The van der Waals surface area contributed by atoms with Gasteiger partial charge < -0.3 is 19.3 Å². The first-order valence-electron chi connectivity index (χ1n) is 10.1. The fraction of sp³-hybridized carbons (Fsp3) is 0.250. The van der Waals surface area contributed by atoms with Gasteiger partial charge in [0.05, 0.1) is 19.3 Å². The molecule has 0 saturated carbocycles. The molecule has 2 heterocycles. The molecule has 1 aromatic heterocycles. The summed E-state index contributed by atoms with van der Waals surface area (Å²) >= 11 is 1.62. The minimum atomic E-state index is -0.138. The Morgan fingerprint density at radius 1 is 1.10 bits per heavy atom. The molecule has 1 aliphatic rings. The molecule has 0 aliphatic carbocycles. The monoisotopic (exact) mass is 436 g/mol. The van der Waals surface area contributed by atoms with Gasteiger partial charge >= 0.3 is 0 Å². The van der Waals surface area contributed by atoms with Crippen LogP contribution < -0.4 is 14.4 Å².